The normalized spacial score (nSPS) is 12.1. The molecule has 0 aliphatic heterocycles. The third kappa shape index (κ3) is 2.78. The van der Waals surface area contributed by atoms with Crippen molar-refractivity contribution in [3.63, 3.8) is 0 Å². The second-order valence-corrected chi connectivity index (χ2v) is 2.74. The Kier molecular flexibility index (Phi) is 3.31. The highest BCUT2D eigenvalue weighted by molar-refractivity contribution is 5.65. The van der Waals surface area contributed by atoms with Gasteiger partial charge >= 0.3 is 6.09 Å². The molecule has 0 bridgehead atoms. The summed E-state index contributed by atoms with van der Waals surface area (Å²) in [5.41, 5.74) is 5.92. The first-order valence-corrected chi connectivity index (χ1v) is 4.25. The molecular weight excluding hydrogens is 166 g/mol. The van der Waals surface area contributed by atoms with Crippen molar-refractivity contribution in [1.29, 1.82) is 0 Å². The van der Waals surface area contributed by atoms with Gasteiger partial charge in [-0.05, 0) is 12.0 Å². The van der Waals surface area contributed by atoms with Crippen LogP contribution >= 0.6 is 0 Å². The van der Waals surface area contributed by atoms with E-state index < -0.39 is 6.09 Å². The van der Waals surface area contributed by atoms with E-state index in [1.165, 1.54) is 0 Å². The Morgan fingerprint density at radius 2 is 2.08 bits per heavy atom. The lowest BCUT2D eigenvalue weighted by Crippen LogP contribution is -2.16. The molecule has 1 aromatic rings. The van der Waals surface area contributed by atoms with Crippen LogP contribution in [0.3, 0.4) is 0 Å². The zero-order chi connectivity index (χ0) is 9.68. The van der Waals surface area contributed by atoms with E-state index in [0.29, 0.717) is 0 Å². The lowest BCUT2D eigenvalue weighted by Gasteiger charge is -2.14. The maximum absolute atomic E-state index is 10.5. The fourth-order valence-corrected chi connectivity index (χ4v) is 1.19. The van der Waals surface area contributed by atoms with E-state index in [1.54, 1.807) is 0 Å². The van der Waals surface area contributed by atoms with Gasteiger partial charge in [0.2, 0.25) is 0 Å². The number of primary amides is 1. The topological polar surface area (TPSA) is 52.3 Å². The van der Waals surface area contributed by atoms with Crippen molar-refractivity contribution in [2.24, 2.45) is 5.73 Å². The first kappa shape index (κ1) is 9.58. The van der Waals surface area contributed by atoms with Gasteiger partial charge in [-0.15, -0.1) is 0 Å². The number of hydrogen-bond acceptors (Lipinski definition) is 2. The van der Waals surface area contributed by atoms with Gasteiger partial charge in [-0.2, -0.15) is 0 Å². The maximum Gasteiger partial charge on any atom is 0.405 e. The number of nitrogens with two attached hydrogens (primary N) is 1. The van der Waals surface area contributed by atoms with Gasteiger partial charge in [0.15, 0.2) is 0 Å². The van der Waals surface area contributed by atoms with Gasteiger partial charge in [-0.3, -0.25) is 0 Å². The Morgan fingerprint density at radius 1 is 1.46 bits per heavy atom. The minimum atomic E-state index is -0.726. The van der Waals surface area contributed by atoms with Crippen LogP contribution in [-0.4, -0.2) is 6.09 Å². The zero-order valence-corrected chi connectivity index (χ0v) is 7.57. The largest absolute Gasteiger partial charge is 0.442 e. The molecular formula is C10H13NO2. The van der Waals surface area contributed by atoms with E-state index in [9.17, 15) is 4.79 Å². The van der Waals surface area contributed by atoms with Gasteiger partial charge in [0.1, 0.15) is 6.10 Å². The Morgan fingerprint density at radius 3 is 2.54 bits per heavy atom. The quantitative estimate of drug-likeness (QED) is 0.773. The third-order valence-corrected chi connectivity index (χ3v) is 1.80. The molecule has 0 aliphatic rings. The van der Waals surface area contributed by atoms with Crippen LogP contribution in [-0.2, 0) is 4.74 Å². The molecule has 0 aromatic heterocycles. The average molecular weight is 179 g/mol. The summed E-state index contributed by atoms with van der Waals surface area (Å²) in [6, 6.07) is 9.55. The first-order valence-electron chi connectivity index (χ1n) is 4.25. The van der Waals surface area contributed by atoms with E-state index in [1.807, 2.05) is 37.3 Å². The van der Waals surface area contributed by atoms with Crippen LogP contribution in [0.4, 0.5) is 4.79 Å². The summed E-state index contributed by atoms with van der Waals surface area (Å²) in [5.74, 6) is 0. The molecule has 1 rings (SSSR count). The van der Waals surface area contributed by atoms with Crippen LogP contribution in [0, 0.1) is 0 Å². The first-order chi connectivity index (χ1) is 6.24. The van der Waals surface area contributed by atoms with E-state index >= 15 is 0 Å². The molecule has 0 aliphatic carbocycles. The molecule has 1 aromatic carbocycles. The van der Waals surface area contributed by atoms with Gasteiger partial charge < -0.3 is 10.5 Å². The van der Waals surface area contributed by atoms with Crippen molar-refractivity contribution in [2.75, 3.05) is 0 Å². The number of hydrogen-bond donors (Lipinski definition) is 1. The number of amides is 1. The molecule has 70 valence electrons. The molecule has 0 heterocycles. The molecule has 0 unspecified atom stereocenters. The van der Waals surface area contributed by atoms with E-state index in [-0.39, 0.29) is 6.10 Å². The van der Waals surface area contributed by atoms with Gasteiger partial charge in [0, 0.05) is 0 Å². The highest BCUT2D eigenvalue weighted by atomic mass is 16.6. The highest BCUT2D eigenvalue weighted by Gasteiger charge is 2.11. The summed E-state index contributed by atoms with van der Waals surface area (Å²) in [5, 5.41) is 0. The molecule has 2 N–H and O–H groups in total. The molecule has 0 radical (unpaired) electrons. The molecule has 3 heteroatoms. The number of carbonyl (C=O) groups is 1. The van der Waals surface area contributed by atoms with Crippen LogP contribution in [0.15, 0.2) is 30.3 Å². The average Bonchev–Trinajstić information content (AvgIpc) is 2.15. The SMILES string of the molecule is CC[C@@H](OC(N)=O)c1ccccc1. The number of rotatable bonds is 3. The minimum Gasteiger partial charge on any atom is -0.442 e. The Bertz CT molecular complexity index is 272. The molecule has 1 atom stereocenters. The lowest BCUT2D eigenvalue weighted by atomic mass is 10.1. The predicted octanol–water partition coefficient (Wildman–Crippen LogP) is 2.23. The molecule has 0 saturated heterocycles. The molecule has 3 nitrogen and oxygen atoms in total. The summed E-state index contributed by atoms with van der Waals surface area (Å²) in [6.07, 6.45) is -0.221. The fraction of sp³-hybridized carbons (Fsp3) is 0.300. The summed E-state index contributed by atoms with van der Waals surface area (Å²) in [4.78, 5) is 10.5. The van der Waals surface area contributed by atoms with Crippen LogP contribution in [0.1, 0.15) is 25.0 Å². The van der Waals surface area contributed by atoms with Gasteiger partial charge in [-0.1, -0.05) is 37.3 Å². The summed E-state index contributed by atoms with van der Waals surface area (Å²) in [7, 11) is 0. The second-order valence-electron chi connectivity index (χ2n) is 2.74. The lowest BCUT2D eigenvalue weighted by molar-refractivity contribution is 0.104. The molecule has 0 spiro atoms. The molecule has 0 fully saturated rings. The number of carbonyl (C=O) groups excluding carboxylic acids is 1. The number of benzene rings is 1. The van der Waals surface area contributed by atoms with E-state index in [0.717, 1.165) is 12.0 Å². The van der Waals surface area contributed by atoms with E-state index in [4.69, 9.17) is 10.5 Å². The highest BCUT2D eigenvalue weighted by Crippen LogP contribution is 2.19. The predicted molar refractivity (Wildman–Crippen MR) is 50.1 cm³/mol. The smallest absolute Gasteiger partial charge is 0.405 e. The Hall–Kier alpha value is -1.51. The minimum absolute atomic E-state index is 0.223. The zero-order valence-electron chi connectivity index (χ0n) is 7.57. The standard InChI is InChI=1S/C10H13NO2/c1-2-9(13-10(11)12)8-6-4-3-5-7-8/h3-7,9H,2H2,1H3,(H2,11,12)/t9-/m1/s1. The third-order valence-electron chi connectivity index (χ3n) is 1.80. The van der Waals surface area contributed by atoms with Crippen LogP contribution in [0.2, 0.25) is 0 Å². The molecule has 0 saturated carbocycles. The Labute approximate surface area is 77.5 Å². The van der Waals surface area contributed by atoms with Crippen LogP contribution in [0.5, 0.6) is 0 Å². The van der Waals surface area contributed by atoms with Crippen molar-refractivity contribution >= 4 is 6.09 Å². The van der Waals surface area contributed by atoms with Gasteiger partial charge in [-0.25, -0.2) is 4.79 Å². The van der Waals surface area contributed by atoms with Crippen molar-refractivity contribution in [3.05, 3.63) is 35.9 Å². The summed E-state index contributed by atoms with van der Waals surface area (Å²) >= 11 is 0. The number of ether oxygens (including phenoxy) is 1. The van der Waals surface area contributed by atoms with Crippen molar-refractivity contribution in [3.8, 4) is 0 Å². The summed E-state index contributed by atoms with van der Waals surface area (Å²) < 4.78 is 4.92. The van der Waals surface area contributed by atoms with Crippen LogP contribution < -0.4 is 5.73 Å². The van der Waals surface area contributed by atoms with Crippen molar-refractivity contribution < 1.29 is 9.53 Å². The van der Waals surface area contributed by atoms with E-state index in [2.05, 4.69) is 0 Å². The molecule has 13 heavy (non-hydrogen) atoms. The Balaban J connectivity index is 2.73. The van der Waals surface area contributed by atoms with Gasteiger partial charge in [0.05, 0.1) is 0 Å². The monoisotopic (exact) mass is 179 g/mol. The van der Waals surface area contributed by atoms with Gasteiger partial charge in [0.25, 0.3) is 0 Å². The second kappa shape index (κ2) is 4.50. The summed E-state index contributed by atoms with van der Waals surface area (Å²) in [6.45, 7) is 1.95. The molecule has 1 amide bonds. The maximum atomic E-state index is 10.5. The van der Waals surface area contributed by atoms with Crippen molar-refractivity contribution in [2.45, 2.75) is 19.4 Å². The van der Waals surface area contributed by atoms with Crippen LogP contribution in [0.25, 0.3) is 0 Å². The fourth-order valence-electron chi connectivity index (χ4n) is 1.19. The van der Waals surface area contributed by atoms with Crippen molar-refractivity contribution in [1.82, 2.24) is 0 Å².